The van der Waals surface area contributed by atoms with E-state index >= 15 is 0 Å². The predicted octanol–water partition coefficient (Wildman–Crippen LogP) is 2.38. The van der Waals surface area contributed by atoms with Gasteiger partial charge in [0.25, 0.3) is 0 Å². The third-order valence-corrected chi connectivity index (χ3v) is 3.69. The number of aliphatic carboxylic acids is 1. The van der Waals surface area contributed by atoms with Crippen molar-refractivity contribution in [2.45, 2.75) is 31.8 Å². The number of halogens is 1. The fourth-order valence-corrected chi connectivity index (χ4v) is 2.49. The molecule has 1 fully saturated rings. The summed E-state index contributed by atoms with van der Waals surface area (Å²) in [6.07, 6.45) is 2.48. The molecule has 3 nitrogen and oxygen atoms in total. The van der Waals surface area contributed by atoms with E-state index in [1.807, 2.05) is 0 Å². The molecule has 1 atom stereocenters. The molecule has 3 rings (SSSR count). The summed E-state index contributed by atoms with van der Waals surface area (Å²) < 4.78 is 18.7. The maximum atomic E-state index is 13.0. The van der Waals surface area contributed by atoms with Crippen molar-refractivity contribution in [3.8, 4) is 5.75 Å². The van der Waals surface area contributed by atoms with Crippen molar-refractivity contribution in [1.82, 2.24) is 0 Å². The number of benzene rings is 1. The van der Waals surface area contributed by atoms with Crippen LogP contribution >= 0.6 is 0 Å². The number of rotatable bonds is 3. The number of carboxylic acids is 1. The predicted molar refractivity (Wildman–Crippen MR) is 58.4 cm³/mol. The Morgan fingerprint density at radius 2 is 2.29 bits per heavy atom. The van der Waals surface area contributed by atoms with Gasteiger partial charge in [-0.15, -0.1) is 0 Å². The van der Waals surface area contributed by atoms with Crippen molar-refractivity contribution in [3.05, 3.63) is 29.6 Å². The lowest BCUT2D eigenvalue weighted by molar-refractivity contribution is -0.144. The smallest absolute Gasteiger partial charge is 0.309 e. The SMILES string of the molecule is O=C(O)C1(CC2Cc3cc(F)ccc3O2)CC1. The second kappa shape index (κ2) is 3.45. The van der Waals surface area contributed by atoms with Crippen LogP contribution in [0, 0.1) is 11.2 Å². The van der Waals surface area contributed by atoms with Crippen LogP contribution in [0.4, 0.5) is 4.39 Å². The number of hydrogen-bond donors (Lipinski definition) is 1. The average molecular weight is 236 g/mol. The Morgan fingerprint density at radius 3 is 2.94 bits per heavy atom. The molecule has 0 spiro atoms. The summed E-state index contributed by atoms with van der Waals surface area (Å²) in [6.45, 7) is 0. The first-order valence-electron chi connectivity index (χ1n) is 5.78. The highest BCUT2D eigenvalue weighted by Gasteiger charge is 2.52. The Bertz CT molecular complexity index is 480. The Labute approximate surface area is 98.2 Å². The van der Waals surface area contributed by atoms with Crippen LogP contribution in [0.3, 0.4) is 0 Å². The number of fused-ring (bicyclic) bond motifs is 1. The van der Waals surface area contributed by atoms with Gasteiger partial charge >= 0.3 is 5.97 Å². The standard InChI is InChI=1S/C13H13FO3/c14-9-1-2-11-8(5-9)6-10(17-11)7-13(3-4-13)12(15)16/h1-2,5,10H,3-4,6-7H2,(H,15,16). The van der Waals surface area contributed by atoms with E-state index in [1.165, 1.54) is 12.1 Å². The molecule has 1 heterocycles. The van der Waals surface area contributed by atoms with Gasteiger partial charge < -0.3 is 9.84 Å². The second-order valence-electron chi connectivity index (χ2n) is 4.99. The van der Waals surface area contributed by atoms with Crippen LogP contribution < -0.4 is 4.74 Å². The van der Waals surface area contributed by atoms with Crippen LogP contribution in [0.25, 0.3) is 0 Å². The molecular weight excluding hydrogens is 223 g/mol. The molecule has 1 aromatic carbocycles. The highest BCUT2D eigenvalue weighted by atomic mass is 19.1. The van der Waals surface area contributed by atoms with Gasteiger partial charge in [-0.1, -0.05) is 0 Å². The van der Waals surface area contributed by atoms with Crippen molar-refractivity contribution in [2.24, 2.45) is 5.41 Å². The summed E-state index contributed by atoms with van der Waals surface area (Å²) in [6, 6.07) is 4.45. The molecule has 1 aliphatic carbocycles. The number of hydrogen-bond acceptors (Lipinski definition) is 2. The maximum absolute atomic E-state index is 13.0. The normalized spacial score (nSPS) is 23.9. The van der Waals surface area contributed by atoms with Gasteiger partial charge in [-0.05, 0) is 31.0 Å². The molecule has 2 aliphatic rings. The molecule has 0 amide bonds. The van der Waals surface area contributed by atoms with E-state index in [2.05, 4.69) is 0 Å². The van der Waals surface area contributed by atoms with Gasteiger partial charge in [-0.2, -0.15) is 0 Å². The third kappa shape index (κ3) is 1.77. The van der Waals surface area contributed by atoms with Gasteiger partial charge in [0.15, 0.2) is 0 Å². The quantitative estimate of drug-likeness (QED) is 0.876. The summed E-state index contributed by atoms with van der Waals surface area (Å²) in [5, 5.41) is 9.11. The molecule has 1 aliphatic heterocycles. The van der Waals surface area contributed by atoms with E-state index in [-0.39, 0.29) is 11.9 Å². The number of carboxylic acid groups (broad SMARTS) is 1. The van der Waals surface area contributed by atoms with E-state index in [4.69, 9.17) is 9.84 Å². The number of carbonyl (C=O) groups is 1. The van der Waals surface area contributed by atoms with Crippen LogP contribution in [0.2, 0.25) is 0 Å². The van der Waals surface area contributed by atoms with Crippen molar-refractivity contribution in [1.29, 1.82) is 0 Å². The van der Waals surface area contributed by atoms with Gasteiger partial charge in [-0.25, -0.2) is 4.39 Å². The van der Waals surface area contributed by atoms with E-state index in [0.717, 1.165) is 18.4 Å². The van der Waals surface area contributed by atoms with Gasteiger partial charge in [0.05, 0.1) is 5.41 Å². The topological polar surface area (TPSA) is 46.5 Å². The third-order valence-electron chi connectivity index (χ3n) is 3.69. The van der Waals surface area contributed by atoms with Crippen LogP contribution in [0.15, 0.2) is 18.2 Å². The van der Waals surface area contributed by atoms with Gasteiger partial charge in [0.2, 0.25) is 0 Å². The fraction of sp³-hybridized carbons (Fsp3) is 0.462. The zero-order chi connectivity index (χ0) is 12.0. The lowest BCUT2D eigenvalue weighted by Gasteiger charge is -2.15. The maximum Gasteiger partial charge on any atom is 0.309 e. The second-order valence-corrected chi connectivity index (χ2v) is 4.99. The highest BCUT2D eigenvalue weighted by molar-refractivity contribution is 5.77. The molecule has 17 heavy (non-hydrogen) atoms. The molecular formula is C13H13FO3. The summed E-state index contributed by atoms with van der Waals surface area (Å²) in [5.74, 6) is -0.312. The van der Waals surface area contributed by atoms with Crippen LogP contribution in [-0.2, 0) is 11.2 Å². The lowest BCUT2D eigenvalue weighted by Crippen LogP contribution is -2.24. The molecule has 1 aromatic rings. The minimum absolute atomic E-state index is 0.120. The van der Waals surface area contributed by atoms with Gasteiger partial charge in [-0.3, -0.25) is 4.79 Å². The zero-order valence-corrected chi connectivity index (χ0v) is 9.28. The number of ether oxygens (including phenoxy) is 1. The van der Waals surface area contributed by atoms with Crippen LogP contribution in [-0.4, -0.2) is 17.2 Å². The van der Waals surface area contributed by atoms with E-state index in [9.17, 15) is 9.18 Å². The largest absolute Gasteiger partial charge is 0.490 e. The minimum Gasteiger partial charge on any atom is -0.490 e. The highest BCUT2D eigenvalue weighted by Crippen LogP contribution is 2.51. The lowest BCUT2D eigenvalue weighted by atomic mass is 9.96. The molecule has 1 unspecified atom stereocenters. The molecule has 1 N–H and O–H groups in total. The molecule has 0 saturated heterocycles. The molecule has 0 aromatic heterocycles. The molecule has 1 saturated carbocycles. The van der Waals surface area contributed by atoms with E-state index in [0.29, 0.717) is 18.6 Å². The van der Waals surface area contributed by atoms with Crippen LogP contribution in [0.1, 0.15) is 24.8 Å². The first-order valence-corrected chi connectivity index (χ1v) is 5.78. The van der Waals surface area contributed by atoms with Crippen molar-refractivity contribution in [3.63, 3.8) is 0 Å². The Morgan fingerprint density at radius 1 is 1.53 bits per heavy atom. The minimum atomic E-state index is -0.733. The van der Waals surface area contributed by atoms with Crippen molar-refractivity contribution in [2.75, 3.05) is 0 Å². The summed E-state index contributed by atoms with van der Waals surface area (Å²) in [7, 11) is 0. The Hall–Kier alpha value is -1.58. The molecule has 90 valence electrons. The summed E-state index contributed by atoms with van der Waals surface area (Å²) in [4.78, 5) is 11.1. The first-order chi connectivity index (χ1) is 8.09. The Kier molecular flexibility index (Phi) is 2.15. The van der Waals surface area contributed by atoms with E-state index < -0.39 is 11.4 Å². The monoisotopic (exact) mass is 236 g/mol. The summed E-state index contributed by atoms with van der Waals surface area (Å²) >= 11 is 0. The fourth-order valence-electron chi connectivity index (χ4n) is 2.49. The van der Waals surface area contributed by atoms with E-state index in [1.54, 1.807) is 6.07 Å². The first kappa shape index (κ1) is 10.6. The van der Waals surface area contributed by atoms with Gasteiger partial charge in [0, 0.05) is 18.4 Å². The average Bonchev–Trinajstić information content (AvgIpc) is 2.93. The molecule has 4 heteroatoms. The molecule has 0 radical (unpaired) electrons. The van der Waals surface area contributed by atoms with Crippen LogP contribution in [0.5, 0.6) is 5.75 Å². The Balaban J connectivity index is 1.72. The summed E-state index contributed by atoms with van der Waals surface area (Å²) in [5.41, 5.74) is 0.266. The molecule has 0 bridgehead atoms. The van der Waals surface area contributed by atoms with Crippen molar-refractivity contribution >= 4 is 5.97 Å². The zero-order valence-electron chi connectivity index (χ0n) is 9.28. The van der Waals surface area contributed by atoms with Crippen molar-refractivity contribution < 1.29 is 19.0 Å². The van der Waals surface area contributed by atoms with Gasteiger partial charge in [0.1, 0.15) is 17.7 Å².